The highest BCUT2D eigenvalue weighted by atomic mass is 32.1. The first-order valence-corrected chi connectivity index (χ1v) is 11.9. The van der Waals surface area contributed by atoms with Gasteiger partial charge in [-0.2, -0.15) is 0 Å². The molecule has 1 fully saturated rings. The molecule has 1 aliphatic carbocycles. The van der Waals surface area contributed by atoms with E-state index < -0.39 is 0 Å². The highest BCUT2D eigenvalue weighted by molar-refractivity contribution is 7.17. The van der Waals surface area contributed by atoms with Gasteiger partial charge >= 0.3 is 0 Å². The Morgan fingerprint density at radius 1 is 1.00 bits per heavy atom. The number of morpholine rings is 1. The highest BCUT2D eigenvalue weighted by Crippen LogP contribution is 2.40. The van der Waals surface area contributed by atoms with Gasteiger partial charge in [-0.25, -0.2) is 4.98 Å². The molecule has 0 atom stereocenters. The number of hydrogen-bond donors (Lipinski definition) is 1. The number of ether oxygens (including phenoxy) is 1. The second-order valence-electron chi connectivity index (χ2n) is 8.52. The van der Waals surface area contributed by atoms with Crippen molar-refractivity contribution in [1.29, 1.82) is 0 Å². The van der Waals surface area contributed by atoms with Crippen LogP contribution in [0, 0.1) is 0 Å². The summed E-state index contributed by atoms with van der Waals surface area (Å²) < 4.78 is 10.1. The van der Waals surface area contributed by atoms with Crippen LogP contribution in [0.25, 0.3) is 27.5 Å². The van der Waals surface area contributed by atoms with Crippen molar-refractivity contribution in [2.45, 2.75) is 25.8 Å². The molecular weight excluding hydrogens is 406 g/mol. The number of fused-ring (bicyclic) bond motifs is 5. The summed E-state index contributed by atoms with van der Waals surface area (Å²) in [4.78, 5) is 9.95. The van der Waals surface area contributed by atoms with E-state index in [1.54, 1.807) is 0 Å². The van der Waals surface area contributed by atoms with Crippen LogP contribution in [0.15, 0.2) is 42.9 Å². The van der Waals surface area contributed by atoms with Gasteiger partial charge in [0.05, 0.1) is 24.6 Å². The van der Waals surface area contributed by atoms with E-state index in [1.165, 1.54) is 28.1 Å². The first-order valence-electron chi connectivity index (χ1n) is 11.1. The molecule has 0 bridgehead atoms. The van der Waals surface area contributed by atoms with Crippen LogP contribution in [0.3, 0.4) is 0 Å². The van der Waals surface area contributed by atoms with E-state index in [0.717, 1.165) is 74.1 Å². The lowest BCUT2D eigenvalue weighted by Crippen LogP contribution is -2.37. The van der Waals surface area contributed by atoms with Crippen molar-refractivity contribution in [2.75, 3.05) is 38.6 Å². The van der Waals surface area contributed by atoms with Gasteiger partial charge < -0.3 is 15.0 Å². The number of thiazole rings is 1. The molecule has 0 spiro atoms. The molecule has 31 heavy (non-hydrogen) atoms. The molecule has 0 radical (unpaired) electrons. The number of benzene rings is 1. The lowest BCUT2D eigenvalue weighted by Gasteiger charge is -2.26. The molecule has 1 aromatic carbocycles. The monoisotopic (exact) mass is 433 g/mol. The first-order chi connectivity index (χ1) is 15.2. The fraction of sp³-hybridized carbons (Fsp3) is 0.375. The topological polar surface area (TPSA) is 60.7 Å². The number of nitrogens with two attached hydrogens (primary N) is 1. The Hall–Kier alpha value is -2.61. The van der Waals surface area contributed by atoms with Crippen molar-refractivity contribution >= 4 is 22.0 Å². The van der Waals surface area contributed by atoms with Gasteiger partial charge in [0.1, 0.15) is 0 Å². The molecule has 2 N–H and O–H groups in total. The minimum absolute atomic E-state index is 0.779. The standard InChI is InChI=1S/C24H27N5OS/c25-19-5-2-17(3-6-19)21-16-29-23-20-15-28(9-1-8-27-10-12-30-13-11-27)14-18(20)4-7-22(23)31-24(29)26-21/h2-3,5-6,14-16H,1,4,7-13,25H2. The van der Waals surface area contributed by atoms with Gasteiger partial charge in [-0.05, 0) is 37.0 Å². The molecule has 0 amide bonds. The second kappa shape index (κ2) is 7.82. The molecule has 4 heterocycles. The van der Waals surface area contributed by atoms with Gasteiger partial charge in [0, 0.05) is 66.5 Å². The number of imidazole rings is 1. The number of rotatable bonds is 5. The van der Waals surface area contributed by atoms with Crippen LogP contribution < -0.4 is 5.73 Å². The SMILES string of the molecule is Nc1ccc(-c2cn3c4c(sc3n2)CCc2cn(CCCN3CCOCC3)cc2-4)cc1. The molecule has 1 aliphatic heterocycles. The Morgan fingerprint density at radius 3 is 2.68 bits per heavy atom. The van der Waals surface area contributed by atoms with E-state index in [1.807, 2.05) is 35.6 Å². The zero-order chi connectivity index (χ0) is 20.8. The Kier molecular flexibility index (Phi) is 4.82. The second-order valence-corrected chi connectivity index (χ2v) is 9.58. The maximum atomic E-state index is 5.85. The number of aromatic nitrogens is 3. The van der Waals surface area contributed by atoms with Crippen LogP contribution >= 0.6 is 11.3 Å². The summed E-state index contributed by atoms with van der Waals surface area (Å²) in [6, 6.07) is 7.97. The summed E-state index contributed by atoms with van der Waals surface area (Å²) in [5.41, 5.74) is 12.9. The molecule has 0 saturated carbocycles. The van der Waals surface area contributed by atoms with Gasteiger partial charge in [0.15, 0.2) is 4.96 Å². The third-order valence-electron chi connectivity index (χ3n) is 6.43. The van der Waals surface area contributed by atoms with Gasteiger partial charge in [-0.3, -0.25) is 9.30 Å². The minimum Gasteiger partial charge on any atom is -0.399 e. The van der Waals surface area contributed by atoms with E-state index in [0.29, 0.717) is 0 Å². The zero-order valence-electron chi connectivity index (χ0n) is 17.6. The maximum Gasteiger partial charge on any atom is 0.194 e. The summed E-state index contributed by atoms with van der Waals surface area (Å²) in [6.45, 7) is 6.08. The van der Waals surface area contributed by atoms with Crippen molar-refractivity contribution in [1.82, 2.24) is 18.9 Å². The number of nitrogens with zero attached hydrogens (tertiary/aromatic N) is 4. The Labute approximate surface area is 185 Å². The molecule has 160 valence electrons. The van der Waals surface area contributed by atoms with Crippen molar-refractivity contribution in [2.24, 2.45) is 0 Å². The Morgan fingerprint density at radius 2 is 1.84 bits per heavy atom. The van der Waals surface area contributed by atoms with Crippen molar-refractivity contribution in [3.8, 4) is 22.5 Å². The minimum atomic E-state index is 0.779. The van der Waals surface area contributed by atoms with Gasteiger partial charge in [0.25, 0.3) is 0 Å². The maximum absolute atomic E-state index is 5.85. The summed E-state index contributed by atoms with van der Waals surface area (Å²) in [5, 5.41) is 0. The largest absolute Gasteiger partial charge is 0.399 e. The number of nitrogen functional groups attached to an aromatic ring is 1. The summed E-state index contributed by atoms with van der Waals surface area (Å²) in [6.07, 6.45) is 10.3. The summed E-state index contributed by atoms with van der Waals surface area (Å²) in [7, 11) is 0. The lowest BCUT2D eigenvalue weighted by molar-refractivity contribution is 0.0369. The molecular formula is C24H27N5OS. The molecule has 4 aromatic rings. The molecule has 0 unspecified atom stereocenters. The van der Waals surface area contributed by atoms with Gasteiger partial charge in [-0.1, -0.05) is 12.1 Å². The normalized spacial score (nSPS) is 16.5. The zero-order valence-corrected chi connectivity index (χ0v) is 18.4. The number of aryl methyl sites for hydroxylation is 3. The number of hydrogen-bond acceptors (Lipinski definition) is 5. The fourth-order valence-corrected chi connectivity index (χ4v) is 5.89. The fourth-order valence-electron chi connectivity index (χ4n) is 4.78. The molecule has 3 aromatic heterocycles. The van der Waals surface area contributed by atoms with E-state index in [9.17, 15) is 0 Å². The van der Waals surface area contributed by atoms with Crippen LogP contribution in [0.1, 0.15) is 16.9 Å². The van der Waals surface area contributed by atoms with E-state index in [4.69, 9.17) is 15.5 Å². The summed E-state index contributed by atoms with van der Waals surface area (Å²) >= 11 is 1.83. The van der Waals surface area contributed by atoms with Crippen molar-refractivity contribution in [3.05, 3.63) is 53.3 Å². The first kappa shape index (κ1) is 19.1. The van der Waals surface area contributed by atoms with Crippen LogP contribution in [0.4, 0.5) is 5.69 Å². The molecule has 6 rings (SSSR count). The van der Waals surface area contributed by atoms with Crippen molar-refractivity contribution < 1.29 is 4.74 Å². The van der Waals surface area contributed by atoms with E-state index in [2.05, 4.69) is 32.5 Å². The van der Waals surface area contributed by atoms with E-state index in [-0.39, 0.29) is 0 Å². The Bertz CT molecular complexity index is 1210. The predicted molar refractivity (Wildman–Crippen MR) is 126 cm³/mol. The molecule has 1 saturated heterocycles. The van der Waals surface area contributed by atoms with Crippen LogP contribution in [-0.2, 0) is 24.1 Å². The molecule has 2 aliphatic rings. The van der Waals surface area contributed by atoms with Crippen LogP contribution in [0.2, 0.25) is 0 Å². The average molecular weight is 434 g/mol. The predicted octanol–water partition coefficient (Wildman–Crippen LogP) is 3.93. The van der Waals surface area contributed by atoms with Gasteiger partial charge in [0.2, 0.25) is 0 Å². The third-order valence-corrected chi connectivity index (χ3v) is 7.55. The summed E-state index contributed by atoms with van der Waals surface area (Å²) in [5.74, 6) is 0. The third kappa shape index (κ3) is 3.56. The van der Waals surface area contributed by atoms with Crippen molar-refractivity contribution in [3.63, 3.8) is 0 Å². The van der Waals surface area contributed by atoms with Crippen LogP contribution in [-0.4, -0.2) is 51.7 Å². The number of anilines is 1. The highest BCUT2D eigenvalue weighted by Gasteiger charge is 2.24. The van der Waals surface area contributed by atoms with E-state index >= 15 is 0 Å². The lowest BCUT2D eigenvalue weighted by atomic mass is 9.98. The van der Waals surface area contributed by atoms with Crippen LogP contribution in [0.5, 0.6) is 0 Å². The Balaban J connectivity index is 1.26. The average Bonchev–Trinajstić information content (AvgIpc) is 3.47. The molecule has 7 heteroatoms. The smallest absolute Gasteiger partial charge is 0.194 e. The molecule has 6 nitrogen and oxygen atoms in total. The quantitative estimate of drug-likeness (QED) is 0.485. The van der Waals surface area contributed by atoms with Gasteiger partial charge in [-0.15, -0.1) is 11.3 Å².